The maximum atomic E-state index is 12.8. The van der Waals surface area contributed by atoms with Crippen molar-refractivity contribution in [2.45, 2.75) is 24.3 Å². The van der Waals surface area contributed by atoms with Crippen LogP contribution in [0.25, 0.3) is 0 Å². The van der Waals surface area contributed by atoms with E-state index in [0.717, 1.165) is 18.4 Å². The molecule has 0 spiro atoms. The zero-order valence-electron chi connectivity index (χ0n) is 14.9. The minimum Gasteiger partial charge on any atom is -0.348 e. The van der Waals surface area contributed by atoms with Gasteiger partial charge in [-0.2, -0.15) is 4.31 Å². The van der Waals surface area contributed by atoms with E-state index in [1.807, 2.05) is 0 Å². The third-order valence-corrected chi connectivity index (χ3v) is 7.52. The van der Waals surface area contributed by atoms with Gasteiger partial charge in [0.15, 0.2) is 0 Å². The highest BCUT2D eigenvalue weighted by Crippen LogP contribution is 2.27. The summed E-state index contributed by atoms with van der Waals surface area (Å²) in [4.78, 5) is 24.7. The summed E-state index contributed by atoms with van der Waals surface area (Å²) < 4.78 is 27.5. The number of amides is 2. The van der Waals surface area contributed by atoms with Gasteiger partial charge in [0.25, 0.3) is 11.8 Å². The van der Waals surface area contributed by atoms with Crippen LogP contribution in [-0.2, 0) is 16.6 Å². The van der Waals surface area contributed by atoms with Gasteiger partial charge in [-0.05, 0) is 64.7 Å². The lowest BCUT2D eigenvalue weighted by Gasteiger charge is -2.16. The maximum Gasteiger partial charge on any atom is 0.256 e. The first kappa shape index (κ1) is 19.1. The van der Waals surface area contributed by atoms with Crippen LogP contribution < -0.4 is 10.6 Å². The molecule has 2 aromatic carbocycles. The fraction of sp³-hybridized carbons (Fsp3) is 0.263. The fourth-order valence-corrected chi connectivity index (χ4v) is 5.38. The van der Waals surface area contributed by atoms with Crippen LogP contribution >= 0.6 is 15.9 Å². The van der Waals surface area contributed by atoms with E-state index in [9.17, 15) is 18.0 Å². The van der Waals surface area contributed by atoms with Crippen molar-refractivity contribution in [3.05, 3.63) is 57.6 Å². The number of hydrogen-bond donors (Lipinski definition) is 2. The number of benzene rings is 2. The molecule has 2 amide bonds. The van der Waals surface area contributed by atoms with Gasteiger partial charge in [-0.15, -0.1) is 0 Å². The third kappa shape index (κ3) is 3.45. The first-order valence-corrected chi connectivity index (χ1v) is 11.1. The molecule has 2 aliphatic rings. The summed E-state index contributed by atoms with van der Waals surface area (Å²) in [6, 6.07) is 9.56. The van der Waals surface area contributed by atoms with Crippen molar-refractivity contribution in [3.63, 3.8) is 0 Å². The van der Waals surface area contributed by atoms with Crippen LogP contribution in [0.4, 0.5) is 5.69 Å². The van der Waals surface area contributed by atoms with Gasteiger partial charge in [-0.25, -0.2) is 8.42 Å². The molecular weight excluding hydrogens is 446 g/mol. The number of rotatable bonds is 4. The number of hydrogen-bond acceptors (Lipinski definition) is 4. The molecule has 7 nitrogen and oxygen atoms in total. The molecule has 2 aliphatic heterocycles. The van der Waals surface area contributed by atoms with E-state index in [4.69, 9.17) is 0 Å². The molecule has 2 heterocycles. The second kappa shape index (κ2) is 7.31. The summed E-state index contributed by atoms with van der Waals surface area (Å²) in [7, 11) is -3.62. The van der Waals surface area contributed by atoms with E-state index in [2.05, 4.69) is 26.6 Å². The average molecular weight is 464 g/mol. The Morgan fingerprint density at radius 3 is 2.61 bits per heavy atom. The fourth-order valence-electron chi connectivity index (χ4n) is 3.41. The number of fused-ring (bicyclic) bond motifs is 1. The van der Waals surface area contributed by atoms with Crippen molar-refractivity contribution < 1.29 is 18.0 Å². The van der Waals surface area contributed by atoms with Crippen LogP contribution in [0.1, 0.15) is 39.1 Å². The van der Waals surface area contributed by atoms with E-state index in [1.54, 1.807) is 24.3 Å². The predicted molar refractivity (Wildman–Crippen MR) is 108 cm³/mol. The van der Waals surface area contributed by atoms with Crippen molar-refractivity contribution in [1.29, 1.82) is 0 Å². The summed E-state index contributed by atoms with van der Waals surface area (Å²) in [5.74, 6) is -0.630. The number of sulfonamides is 1. The Morgan fingerprint density at radius 1 is 1.11 bits per heavy atom. The molecular formula is C19H18BrN3O4S. The molecule has 9 heteroatoms. The Labute approximate surface area is 171 Å². The molecule has 1 fully saturated rings. The second-order valence-corrected chi connectivity index (χ2v) is 9.55. The number of nitrogens with one attached hydrogen (secondary N) is 2. The monoisotopic (exact) mass is 463 g/mol. The highest BCUT2D eigenvalue weighted by Gasteiger charge is 2.28. The van der Waals surface area contributed by atoms with Gasteiger partial charge >= 0.3 is 0 Å². The van der Waals surface area contributed by atoms with Crippen LogP contribution in [0.5, 0.6) is 0 Å². The summed E-state index contributed by atoms with van der Waals surface area (Å²) in [5, 5.41) is 5.47. The van der Waals surface area contributed by atoms with Gasteiger partial charge in [0.05, 0.1) is 10.5 Å². The summed E-state index contributed by atoms with van der Waals surface area (Å²) in [5.41, 5.74) is 2.09. The lowest BCUT2D eigenvalue weighted by atomic mass is 10.1. The molecule has 0 atom stereocenters. The van der Waals surface area contributed by atoms with E-state index in [1.165, 1.54) is 16.4 Å². The summed E-state index contributed by atoms with van der Waals surface area (Å²) in [6.45, 7) is 1.47. The molecule has 0 bridgehead atoms. The molecule has 1 saturated heterocycles. The van der Waals surface area contributed by atoms with Gasteiger partial charge in [-0.1, -0.05) is 6.07 Å². The van der Waals surface area contributed by atoms with Crippen LogP contribution in [-0.4, -0.2) is 37.6 Å². The van der Waals surface area contributed by atoms with E-state index in [-0.39, 0.29) is 16.4 Å². The van der Waals surface area contributed by atoms with E-state index >= 15 is 0 Å². The number of nitrogens with zero attached hydrogens (tertiary/aromatic N) is 1. The van der Waals surface area contributed by atoms with Crippen LogP contribution in [0.2, 0.25) is 0 Å². The first-order chi connectivity index (χ1) is 13.4. The summed E-state index contributed by atoms with van der Waals surface area (Å²) >= 11 is 3.32. The van der Waals surface area contributed by atoms with Gasteiger partial charge < -0.3 is 10.6 Å². The number of anilines is 1. The van der Waals surface area contributed by atoms with Crippen LogP contribution in [0, 0.1) is 0 Å². The van der Waals surface area contributed by atoms with E-state index in [0.29, 0.717) is 35.4 Å². The smallest absolute Gasteiger partial charge is 0.256 e. The van der Waals surface area contributed by atoms with Crippen molar-refractivity contribution in [1.82, 2.24) is 9.62 Å². The van der Waals surface area contributed by atoms with Crippen molar-refractivity contribution in [2.24, 2.45) is 0 Å². The minimum absolute atomic E-state index is 0.0936. The standard InChI is InChI=1S/C19H18BrN3O4S/c20-17-6-5-14(28(26,27)23-7-1-2-8-23)10-16(17)19(25)22-13-4-3-12-11-21-18(24)15(12)9-13/h3-6,9-10H,1-2,7-8,11H2,(H,21,24)(H,22,25). The zero-order valence-corrected chi connectivity index (χ0v) is 17.3. The molecule has 0 radical (unpaired) electrons. The first-order valence-electron chi connectivity index (χ1n) is 8.88. The zero-order chi connectivity index (χ0) is 19.9. The quantitative estimate of drug-likeness (QED) is 0.728. The van der Waals surface area contributed by atoms with Gasteiger partial charge in [0, 0.05) is 35.4 Å². The third-order valence-electron chi connectivity index (χ3n) is 4.94. The second-order valence-electron chi connectivity index (χ2n) is 6.76. The average Bonchev–Trinajstić information content (AvgIpc) is 3.33. The van der Waals surface area contributed by atoms with Gasteiger partial charge in [0.2, 0.25) is 10.0 Å². The van der Waals surface area contributed by atoms with Gasteiger partial charge in [0.1, 0.15) is 0 Å². The lowest BCUT2D eigenvalue weighted by Crippen LogP contribution is -2.28. The number of carbonyl (C=O) groups is 2. The molecule has 28 heavy (non-hydrogen) atoms. The molecule has 0 unspecified atom stereocenters. The number of carbonyl (C=O) groups excluding carboxylic acids is 2. The lowest BCUT2D eigenvalue weighted by molar-refractivity contribution is 0.0964. The Morgan fingerprint density at radius 2 is 1.86 bits per heavy atom. The molecule has 0 saturated carbocycles. The van der Waals surface area contributed by atoms with Crippen molar-refractivity contribution >= 4 is 43.5 Å². The molecule has 2 aromatic rings. The predicted octanol–water partition coefficient (Wildman–Crippen LogP) is 2.73. The topological polar surface area (TPSA) is 95.6 Å². The van der Waals surface area contributed by atoms with Crippen molar-refractivity contribution in [3.8, 4) is 0 Å². The highest BCUT2D eigenvalue weighted by molar-refractivity contribution is 9.10. The summed E-state index contributed by atoms with van der Waals surface area (Å²) in [6.07, 6.45) is 1.68. The molecule has 0 aliphatic carbocycles. The SMILES string of the molecule is O=C(Nc1ccc2c(c1)C(=O)NC2)c1cc(S(=O)(=O)N2CCCC2)ccc1Br. The molecule has 4 rings (SSSR count). The maximum absolute atomic E-state index is 12.8. The van der Waals surface area contributed by atoms with Crippen LogP contribution in [0.3, 0.4) is 0 Å². The Balaban J connectivity index is 1.61. The Bertz CT molecular complexity index is 1080. The Kier molecular flexibility index (Phi) is 4.98. The van der Waals surface area contributed by atoms with Crippen molar-refractivity contribution in [2.75, 3.05) is 18.4 Å². The largest absolute Gasteiger partial charge is 0.348 e. The highest BCUT2D eigenvalue weighted by atomic mass is 79.9. The molecule has 0 aromatic heterocycles. The number of halogens is 1. The molecule has 146 valence electrons. The van der Waals surface area contributed by atoms with Gasteiger partial charge in [-0.3, -0.25) is 9.59 Å². The Hall–Kier alpha value is -2.23. The molecule has 2 N–H and O–H groups in total. The minimum atomic E-state index is -3.62. The van der Waals surface area contributed by atoms with E-state index < -0.39 is 15.9 Å². The normalized spacial score (nSPS) is 16.7. The van der Waals surface area contributed by atoms with Crippen LogP contribution in [0.15, 0.2) is 45.8 Å².